The number of rotatable bonds is 5. The van der Waals surface area contributed by atoms with Crippen LogP contribution in [-0.4, -0.2) is 23.7 Å². The van der Waals surface area contributed by atoms with E-state index in [0.717, 1.165) is 12.1 Å². The van der Waals surface area contributed by atoms with Gasteiger partial charge in [-0.15, -0.1) is 0 Å². The highest BCUT2D eigenvalue weighted by molar-refractivity contribution is 6.30. The molecule has 0 radical (unpaired) electrons. The predicted molar refractivity (Wildman–Crippen MR) is 69.2 cm³/mol. The zero-order chi connectivity index (χ0) is 14.6. The standard InChI is InChI=1S/C13H16ClF2NO2/c1-7(2)3-8(18)6-17-13(19)9-4-12(16)10(14)5-11(9)15/h4-5,7-8,18H,3,6H2,1-2H3,(H,17,19). The quantitative estimate of drug-likeness (QED) is 0.820. The summed E-state index contributed by atoms with van der Waals surface area (Å²) in [5.74, 6) is -2.27. The smallest absolute Gasteiger partial charge is 0.254 e. The molecule has 106 valence electrons. The minimum atomic E-state index is -0.901. The number of aliphatic hydroxyl groups is 1. The summed E-state index contributed by atoms with van der Waals surface area (Å²) in [6.45, 7) is 3.85. The van der Waals surface area contributed by atoms with Crippen molar-refractivity contribution in [3.8, 4) is 0 Å². The highest BCUT2D eigenvalue weighted by Gasteiger charge is 2.16. The minimum absolute atomic E-state index is 0.0132. The van der Waals surface area contributed by atoms with Gasteiger partial charge in [-0.2, -0.15) is 0 Å². The van der Waals surface area contributed by atoms with Crippen molar-refractivity contribution in [1.29, 1.82) is 0 Å². The molecule has 2 N–H and O–H groups in total. The Kier molecular flexibility index (Phi) is 5.69. The average Bonchev–Trinajstić information content (AvgIpc) is 2.30. The van der Waals surface area contributed by atoms with E-state index in [1.165, 1.54) is 0 Å². The third-order valence-electron chi connectivity index (χ3n) is 2.50. The van der Waals surface area contributed by atoms with E-state index >= 15 is 0 Å². The Balaban J connectivity index is 2.66. The first-order valence-corrected chi connectivity index (χ1v) is 6.29. The van der Waals surface area contributed by atoms with Crippen LogP contribution in [-0.2, 0) is 0 Å². The first kappa shape index (κ1) is 15.9. The lowest BCUT2D eigenvalue weighted by Crippen LogP contribution is -2.33. The fraction of sp³-hybridized carbons (Fsp3) is 0.462. The molecule has 0 aliphatic carbocycles. The number of benzene rings is 1. The van der Waals surface area contributed by atoms with Crippen molar-refractivity contribution < 1.29 is 18.7 Å². The number of amides is 1. The van der Waals surface area contributed by atoms with Crippen LogP contribution in [0.2, 0.25) is 5.02 Å². The van der Waals surface area contributed by atoms with E-state index < -0.39 is 29.2 Å². The number of nitrogens with one attached hydrogen (secondary N) is 1. The van der Waals surface area contributed by atoms with Crippen molar-refractivity contribution in [2.24, 2.45) is 5.92 Å². The molecule has 6 heteroatoms. The van der Waals surface area contributed by atoms with Crippen molar-refractivity contribution in [1.82, 2.24) is 5.32 Å². The van der Waals surface area contributed by atoms with Gasteiger partial charge in [0.05, 0.1) is 16.7 Å². The molecule has 0 aliphatic heterocycles. The van der Waals surface area contributed by atoms with Crippen LogP contribution in [0.25, 0.3) is 0 Å². The normalized spacial score (nSPS) is 12.6. The molecule has 1 rings (SSSR count). The Morgan fingerprint density at radius 2 is 2.00 bits per heavy atom. The molecule has 1 aromatic rings. The van der Waals surface area contributed by atoms with E-state index in [0.29, 0.717) is 6.42 Å². The van der Waals surface area contributed by atoms with Crippen LogP contribution in [0.4, 0.5) is 8.78 Å². The zero-order valence-corrected chi connectivity index (χ0v) is 11.5. The van der Waals surface area contributed by atoms with Crippen LogP contribution in [0.3, 0.4) is 0 Å². The van der Waals surface area contributed by atoms with E-state index in [1.807, 2.05) is 13.8 Å². The molecule has 0 aliphatic rings. The number of halogens is 3. The summed E-state index contributed by atoms with van der Waals surface area (Å²) in [4.78, 5) is 11.6. The van der Waals surface area contributed by atoms with Gasteiger partial charge in [-0.3, -0.25) is 4.79 Å². The molecule has 0 fully saturated rings. The lowest BCUT2D eigenvalue weighted by Gasteiger charge is -2.14. The van der Waals surface area contributed by atoms with Crippen molar-refractivity contribution in [2.75, 3.05) is 6.54 Å². The van der Waals surface area contributed by atoms with E-state index in [9.17, 15) is 18.7 Å². The van der Waals surface area contributed by atoms with Crippen LogP contribution >= 0.6 is 11.6 Å². The van der Waals surface area contributed by atoms with Crippen LogP contribution in [0, 0.1) is 17.6 Å². The van der Waals surface area contributed by atoms with Crippen LogP contribution in [0.5, 0.6) is 0 Å². The van der Waals surface area contributed by atoms with Crippen LogP contribution < -0.4 is 5.32 Å². The third kappa shape index (κ3) is 4.76. The van der Waals surface area contributed by atoms with Gasteiger partial charge in [0, 0.05) is 6.54 Å². The highest BCUT2D eigenvalue weighted by atomic mass is 35.5. The topological polar surface area (TPSA) is 49.3 Å². The van der Waals surface area contributed by atoms with Gasteiger partial charge in [0.25, 0.3) is 5.91 Å². The fourth-order valence-corrected chi connectivity index (χ4v) is 1.78. The maximum atomic E-state index is 13.4. The molecule has 0 saturated heterocycles. The van der Waals surface area contributed by atoms with Gasteiger partial charge in [0.1, 0.15) is 11.6 Å². The highest BCUT2D eigenvalue weighted by Crippen LogP contribution is 2.19. The molecule has 0 bridgehead atoms. The molecular formula is C13H16ClF2NO2. The Hall–Kier alpha value is -1.20. The predicted octanol–water partition coefficient (Wildman–Crippen LogP) is 2.76. The lowest BCUT2D eigenvalue weighted by molar-refractivity contribution is 0.0896. The Labute approximate surface area is 115 Å². The van der Waals surface area contributed by atoms with E-state index in [2.05, 4.69) is 5.32 Å². The molecule has 1 aromatic carbocycles. The lowest BCUT2D eigenvalue weighted by atomic mass is 10.1. The Morgan fingerprint density at radius 3 is 2.58 bits per heavy atom. The summed E-state index contributed by atoms with van der Waals surface area (Å²) >= 11 is 5.39. The summed E-state index contributed by atoms with van der Waals surface area (Å²) in [6.07, 6.45) is -0.207. The molecule has 0 heterocycles. The molecule has 1 unspecified atom stereocenters. The molecule has 19 heavy (non-hydrogen) atoms. The van der Waals surface area contributed by atoms with Gasteiger partial charge >= 0.3 is 0 Å². The summed E-state index contributed by atoms with van der Waals surface area (Å²) in [6, 6.07) is 1.48. The Bertz CT molecular complexity index is 466. The first-order valence-electron chi connectivity index (χ1n) is 5.92. The van der Waals surface area contributed by atoms with Gasteiger partial charge < -0.3 is 10.4 Å². The Morgan fingerprint density at radius 1 is 1.37 bits per heavy atom. The van der Waals surface area contributed by atoms with Gasteiger partial charge in [-0.05, 0) is 24.5 Å². The SMILES string of the molecule is CC(C)CC(O)CNC(=O)c1cc(F)c(Cl)cc1F. The first-order chi connectivity index (χ1) is 8.81. The fourth-order valence-electron chi connectivity index (χ4n) is 1.63. The largest absolute Gasteiger partial charge is 0.391 e. The second kappa shape index (κ2) is 6.82. The number of hydrogen-bond donors (Lipinski definition) is 2. The molecule has 1 atom stereocenters. The van der Waals surface area contributed by atoms with E-state index in [1.54, 1.807) is 0 Å². The van der Waals surface area contributed by atoms with E-state index in [4.69, 9.17) is 11.6 Å². The van der Waals surface area contributed by atoms with Crippen LogP contribution in [0.15, 0.2) is 12.1 Å². The summed E-state index contributed by atoms with van der Waals surface area (Å²) in [5.41, 5.74) is -0.432. The van der Waals surface area contributed by atoms with Gasteiger partial charge in [-0.25, -0.2) is 8.78 Å². The van der Waals surface area contributed by atoms with Crippen molar-refractivity contribution in [3.05, 3.63) is 34.4 Å². The summed E-state index contributed by atoms with van der Waals surface area (Å²) in [7, 11) is 0. The number of aliphatic hydroxyl groups excluding tert-OH is 1. The molecular weight excluding hydrogens is 276 g/mol. The van der Waals surface area contributed by atoms with E-state index in [-0.39, 0.29) is 17.5 Å². The summed E-state index contributed by atoms with van der Waals surface area (Å²) in [5, 5.41) is 11.6. The average molecular weight is 292 g/mol. The molecule has 0 spiro atoms. The molecule has 0 saturated carbocycles. The van der Waals surface area contributed by atoms with Crippen molar-refractivity contribution >= 4 is 17.5 Å². The number of carbonyl (C=O) groups is 1. The van der Waals surface area contributed by atoms with Crippen molar-refractivity contribution in [3.63, 3.8) is 0 Å². The molecule has 0 aromatic heterocycles. The maximum absolute atomic E-state index is 13.4. The van der Waals surface area contributed by atoms with Crippen LogP contribution in [0.1, 0.15) is 30.6 Å². The minimum Gasteiger partial charge on any atom is -0.391 e. The zero-order valence-electron chi connectivity index (χ0n) is 10.7. The maximum Gasteiger partial charge on any atom is 0.254 e. The monoisotopic (exact) mass is 291 g/mol. The second-order valence-corrected chi connectivity index (χ2v) is 5.15. The molecule has 1 amide bonds. The molecule has 3 nitrogen and oxygen atoms in total. The number of hydrogen-bond acceptors (Lipinski definition) is 2. The van der Waals surface area contributed by atoms with Gasteiger partial charge in [0.2, 0.25) is 0 Å². The van der Waals surface area contributed by atoms with Crippen molar-refractivity contribution in [2.45, 2.75) is 26.4 Å². The second-order valence-electron chi connectivity index (χ2n) is 4.74. The van der Waals surface area contributed by atoms with Gasteiger partial charge in [-0.1, -0.05) is 25.4 Å². The summed E-state index contributed by atoms with van der Waals surface area (Å²) < 4.78 is 26.6. The van der Waals surface area contributed by atoms with Gasteiger partial charge in [0.15, 0.2) is 0 Å². The number of carbonyl (C=O) groups excluding carboxylic acids is 1. The third-order valence-corrected chi connectivity index (χ3v) is 2.79.